The normalized spacial score (nSPS) is 16.7. The van der Waals surface area contributed by atoms with Gasteiger partial charge < -0.3 is 9.47 Å². The van der Waals surface area contributed by atoms with Crippen molar-refractivity contribution >= 4 is 13.6 Å². The number of ketones is 1. The van der Waals surface area contributed by atoms with E-state index >= 15 is 0 Å². The average Bonchev–Trinajstić information content (AvgIpc) is 3.11. The molecule has 1 unspecified atom stereocenters. The Hall–Kier alpha value is -1.41. The van der Waals surface area contributed by atoms with Crippen molar-refractivity contribution in [3.63, 3.8) is 0 Å². The van der Waals surface area contributed by atoms with E-state index < -0.39 is 13.0 Å². The molecule has 0 bridgehead atoms. The van der Waals surface area contributed by atoms with Crippen LogP contribution >= 0.6 is 7.80 Å². The zero-order valence-electron chi connectivity index (χ0n) is 15.0. The number of benzene rings is 1. The molecule has 1 aromatic carbocycles. The zero-order chi connectivity index (χ0) is 17.6. The molecule has 24 heavy (non-hydrogen) atoms. The van der Waals surface area contributed by atoms with Gasteiger partial charge in [0, 0.05) is 12.8 Å². The van der Waals surface area contributed by atoms with E-state index in [4.69, 9.17) is 9.47 Å². The highest BCUT2D eigenvalue weighted by Crippen LogP contribution is 2.54. The van der Waals surface area contributed by atoms with Gasteiger partial charge in [-0.15, -0.1) is 0 Å². The lowest BCUT2D eigenvalue weighted by Crippen LogP contribution is -2.33. The third-order valence-corrected chi connectivity index (χ3v) is 7.28. The zero-order valence-corrected chi connectivity index (χ0v) is 15.9. The van der Waals surface area contributed by atoms with E-state index in [0.717, 1.165) is 32.1 Å². The summed E-state index contributed by atoms with van der Waals surface area (Å²) in [5.41, 5.74) is 0.447. The van der Waals surface area contributed by atoms with Crippen LogP contribution in [0.4, 0.5) is 0 Å². The number of hydrogen-bond donors (Lipinski definition) is 0. The van der Waals surface area contributed by atoms with Gasteiger partial charge >= 0.3 is 7.80 Å². The molecule has 1 atom stereocenters. The lowest BCUT2D eigenvalue weighted by molar-refractivity contribution is 0.0934. The summed E-state index contributed by atoms with van der Waals surface area (Å²) in [4.78, 5) is 13.5. The fourth-order valence-electron chi connectivity index (χ4n) is 3.58. The third-order valence-electron chi connectivity index (χ3n) is 4.95. The molecule has 0 radical (unpaired) electrons. The fourth-order valence-corrected chi connectivity index (χ4v) is 5.67. The molecule has 0 saturated heterocycles. The van der Waals surface area contributed by atoms with Crippen molar-refractivity contribution in [3.05, 3.63) is 23.8 Å². The summed E-state index contributed by atoms with van der Waals surface area (Å²) < 4.78 is 23.9. The minimum Gasteiger partial charge on any atom is -0.496 e. The molecule has 1 aliphatic rings. The highest BCUT2D eigenvalue weighted by molar-refractivity contribution is 7.48. The molecule has 0 spiro atoms. The molecule has 1 saturated carbocycles. The van der Waals surface area contributed by atoms with Crippen molar-refractivity contribution in [1.82, 2.24) is 0 Å². The molecule has 0 aromatic heterocycles. The number of hydrogen-bond acceptors (Lipinski definition) is 4. The van der Waals surface area contributed by atoms with Gasteiger partial charge in [-0.25, -0.2) is 0 Å². The van der Waals surface area contributed by atoms with Gasteiger partial charge in [0.05, 0.1) is 14.2 Å². The number of Topliss-reactive ketones (excluding diaryl/α,β-unsaturated/α-hetero) is 1. The Labute approximate surface area is 145 Å². The van der Waals surface area contributed by atoms with E-state index in [-0.39, 0.29) is 5.78 Å². The highest BCUT2D eigenvalue weighted by atomic mass is 31.1. The Morgan fingerprint density at radius 1 is 1.12 bits per heavy atom. The highest BCUT2D eigenvalue weighted by Gasteiger charge is 2.57. The predicted octanol–water partition coefficient (Wildman–Crippen LogP) is 5.22. The smallest absolute Gasteiger partial charge is 0.353 e. The van der Waals surface area contributed by atoms with E-state index in [1.165, 1.54) is 0 Å². The van der Waals surface area contributed by atoms with Crippen molar-refractivity contribution in [2.24, 2.45) is 0 Å². The first-order valence-electron chi connectivity index (χ1n) is 8.81. The maximum atomic E-state index is 13.5. The number of unbranched alkanes of at least 4 members (excludes halogenated alkanes) is 2. The van der Waals surface area contributed by atoms with Crippen LogP contribution in [0, 0.1) is 0 Å². The number of methoxy groups -OCH3 is 2. The van der Waals surface area contributed by atoms with Crippen LogP contribution in [-0.2, 0) is 4.57 Å². The summed E-state index contributed by atoms with van der Waals surface area (Å²) in [6, 6.07) is 5.34. The molecular formula is C19H28O4P+. The van der Waals surface area contributed by atoms with E-state index in [9.17, 15) is 9.36 Å². The molecule has 1 fully saturated rings. The van der Waals surface area contributed by atoms with Gasteiger partial charge in [0.1, 0.15) is 23.2 Å². The van der Waals surface area contributed by atoms with Gasteiger partial charge in [-0.2, -0.15) is 0 Å². The Kier molecular flexibility index (Phi) is 6.79. The molecule has 1 aliphatic carbocycles. The fraction of sp³-hybridized carbons (Fsp3) is 0.632. The van der Waals surface area contributed by atoms with E-state index in [1.54, 1.807) is 32.4 Å². The van der Waals surface area contributed by atoms with Crippen LogP contribution in [0.5, 0.6) is 11.5 Å². The molecular weight excluding hydrogens is 323 g/mol. The second-order valence-corrected chi connectivity index (χ2v) is 8.47. The summed E-state index contributed by atoms with van der Waals surface area (Å²) >= 11 is 0. The molecule has 1 aromatic rings. The van der Waals surface area contributed by atoms with Crippen LogP contribution in [0.2, 0.25) is 0 Å². The molecule has 132 valence electrons. The molecule has 2 rings (SSSR count). The van der Waals surface area contributed by atoms with Crippen LogP contribution in [0.3, 0.4) is 0 Å². The minimum atomic E-state index is -1.59. The Bertz CT molecular complexity index is 569. The Balaban J connectivity index is 2.38. The average molecular weight is 351 g/mol. The summed E-state index contributed by atoms with van der Waals surface area (Å²) in [6.07, 6.45) is 7.02. The van der Waals surface area contributed by atoms with Gasteiger partial charge in [-0.05, 0) is 37.8 Å². The first-order valence-corrected chi connectivity index (χ1v) is 10.3. The number of carbonyl (C=O) groups excluding carboxylic acids is 1. The SMILES string of the molecule is CCCCC[P+](=O)C1(C(=O)c2c(OC)cccc2OC)CCCC1. The quantitative estimate of drug-likeness (QED) is 0.348. The van der Waals surface area contributed by atoms with Crippen molar-refractivity contribution in [2.75, 3.05) is 20.4 Å². The van der Waals surface area contributed by atoms with Gasteiger partial charge in [0.2, 0.25) is 10.9 Å². The monoisotopic (exact) mass is 351 g/mol. The van der Waals surface area contributed by atoms with Gasteiger partial charge in [0.25, 0.3) is 0 Å². The van der Waals surface area contributed by atoms with Crippen molar-refractivity contribution in [1.29, 1.82) is 0 Å². The van der Waals surface area contributed by atoms with Crippen molar-refractivity contribution in [3.8, 4) is 11.5 Å². The standard InChI is InChI=1S/C19H28O4P/c1-4-5-8-14-24(21)19(12-6-7-13-19)18(20)17-15(22-2)10-9-11-16(17)23-3/h9-11H,4-8,12-14H2,1-3H3/q+1. The van der Waals surface area contributed by atoms with Crippen molar-refractivity contribution in [2.45, 2.75) is 57.0 Å². The maximum Gasteiger partial charge on any atom is 0.353 e. The first-order chi connectivity index (χ1) is 11.6. The summed E-state index contributed by atoms with van der Waals surface area (Å²) in [6.45, 7) is 2.13. The molecule has 0 amide bonds. The molecule has 4 nitrogen and oxygen atoms in total. The van der Waals surface area contributed by atoms with Crippen LogP contribution in [0.1, 0.15) is 62.2 Å². The van der Waals surface area contributed by atoms with Gasteiger partial charge in [-0.1, -0.05) is 24.0 Å². The Morgan fingerprint density at radius 2 is 1.71 bits per heavy atom. The largest absolute Gasteiger partial charge is 0.496 e. The molecule has 0 N–H and O–H groups in total. The van der Waals surface area contributed by atoms with Crippen LogP contribution < -0.4 is 9.47 Å². The van der Waals surface area contributed by atoms with Gasteiger partial charge in [0.15, 0.2) is 0 Å². The maximum absolute atomic E-state index is 13.5. The summed E-state index contributed by atoms with van der Waals surface area (Å²) in [5, 5.41) is -0.745. The predicted molar refractivity (Wildman–Crippen MR) is 97.1 cm³/mol. The Morgan fingerprint density at radius 3 is 2.21 bits per heavy atom. The molecule has 5 heteroatoms. The first kappa shape index (κ1) is 18.9. The summed E-state index contributed by atoms with van der Waals surface area (Å²) in [7, 11) is 1.51. The number of rotatable bonds is 9. The lowest BCUT2D eigenvalue weighted by atomic mass is 9.93. The minimum absolute atomic E-state index is 0.0630. The van der Waals surface area contributed by atoms with Crippen LogP contribution in [0.15, 0.2) is 18.2 Å². The van der Waals surface area contributed by atoms with Gasteiger partial charge in [-0.3, -0.25) is 4.79 Å². The second kappa shape index (κ2) is 8.62. The van der Waals surface area contributed by atoms with E-state index in [1.807, 2.05) is 0 Å². The van der Waals surface area contributed by atoms with E-state index in [2.05, 4.69) is 6.92 Å². The second-order valence-electron chi connectivity index (χ2n) is 6.41. The molecule has 0 heterocycles. The third kappa shape index (κ3) is 3.64. The van der Waals surface area contributed by atoms with Crippen LogP contribution in [-0.4, -0.2) is 31.3 Å². The van der Waals surface area contributed by atoms with Crippen molar-refractivity contribution < 1.29 is 18.8 Å². The number of carbonyl (C=O) groups is 1. The van der Waals surface area contributed by atoms with Crippen LogP contribution in [0.25, 0.3) is 0 Å². The molecule has 0 aliphatic heterocycles. The summed E-state index contributed by atoms with van der Waals surface area (Å²) in [5.74, 6) is 0.942. The van der Waals surface area contributed by atoms with E-state index in [0.29, 0.717) is 36.1 Å². The lowest BCUT2D eigenvalue weighted by Gasteiger charge is -2.20. The number of ether oxygens (including phenoxy) is 2. The topological polar surface area (TPSA) is 52.6 Å².